The highest BCUT2D eigenvalue weighted by Crippen LogP contribution is 2.35. The van der Waals surface area contributed by atoms with Gasteiger partial charge in [0.2, 0.25) is 0 Å². The molecular weight excluding hydrogens is 464 g/mol. The Bertz CT molecular complexity index is 1240. The van der Waals surface area contributed by atoms with Crippen LogP contribution >= 0.6 is 0 Å². The van der Waals surface area contributed by atoms with Gasteiger partial charge >= 0.3 is 0 Å². The molecule has 8 heteroatoms. The first kappa shape index (κ1) is 23.9. The van der Waals surface area contributed by atoms with Crippen molar-refractivity contribution in [2.75, 3.05) is 31.1 Å². The zero-order valence-corrected chi connectivity index (χ0v) is 20.4. The minimum Gasteiger partial charge on any atom is -0.457 e. The molecule has 4 aliphatic heterocycles. The van der Waals surface area contributed by atoms with E-state index in [1.807, 2.05) is 24.3 Å². The third-order valence-electron chi connectivity index (χ3n) is 7.16. The Morgan fingerprint density at radius 3 is 2.29 bits per heavy atom. The molecule has 2 aromatic rings. The van der Waals surface area contributed by atoms with Gasteiger partial charge in [-0.2, -0.15) is 0 Å². The predicted molar refractivity (Wildman–Crippen MR) is 133 cm³/mol. The summed E-state index contributed by atoms with van der Waals surface area (Å²) in [7, 11) is -3.08. The summed E-state index contributed by atoms with van der Waals surface area (Å²) in [5.41, 5.74) is 0.348. The summed E-state index contributed by atoms with van der Waals surface area (Å²) >= 11 is 0. The lowest BCUT2D eigenvalue weighted by molar-refractivity contribution is -0.0713. The SMILES string of the molecule is O=C(NC1CCCS(=O)(=O)C1)c1ccc(Oc2ccc(C#C[C@@]3(O)CN4CCC3CC4)cc2)cc1. The quantitative estimate of drug-likeness (QED) is 0.635. The molecule has 2 bridgehead atoms. The Hall–Kier alpha value is -2.86. The number of nitrogens with zero attached hydrogens (tertiary/aromatic N) is 1. The second kappa shape index (κ2) is 9.65. The van der Waals surface area contributed by atoms with Crippen LogP contribution in [-0.4, -0.2) is 67.1 Å². The summed E-state index contributed by atoms with van der Waals surface area (Å²) in [4.78, 5) is 14.8. The molecule has 35 heavy (non-hydrogen) atoms. The molecule has 4 heterocycles. The summed E-state index contributed by atoms with van der Waals surface area (Å²) in [6.07, 6.45) is 3.25. The number of hydrogen-bond donors (Lipinski definition) is 2. The molecule has 4 fully saturated rings. The first-order valence-electron chi connectivity index (χ1n) is 12.2. The molecule has 1 unspecified atom stereocenters. The fourth-order valence-electron chi connectivity index (χ4n) is 5.18. The standard InChI is InChI=1S/C27H30N2O5S/c30-26(28-23-2-1-17-35(32,33)18-23)21-5-9-25(10-6-21)34-24-7-3-20(4-8-24)11-14-27(31)19-29-15-12-22(27)13-16-29/h3-10,22-23,31H,1-2,12-13,15-19H2,(H,28,30)/t23?,27-/m1/s1. The maximum absolute atomic E-state index is 12.5. The molecule has 2 atom stereocenters. The Morgan fingerprint density at radius 1 is 1.03 bits per heavy atom. The smallest absolute Gasteiger partial charge is 0.251 e. The molecule has 0 radical (unpaired) electrons. The van der Waals surface area contributed by atoms with Crippen LogP contribution in [0.2, 0.25) is 0 Å². The average molecular weight is 495 g/mol. The summed E-state index contributed by atoms with van der Waals surface area (Å²) in [6, 6.07) is 13.8. The van der Waals surface area contributed by atoms with E-state index in [0.717, 1.165) is 31.5 Å². The number of aliphatic hydroxyl groups is 1. The Kier molecular flexibility index (Phi) is 6.58. The zero-order chi connectivity index (χ0) is 24.5. The molecular formula is C27H30N2O5S. The Morgan fingerprint density at radius 2 is 1.69 bits per heavy atom. The monoisotopic (exact) mass is 494 g/mol. The van der Waals surface area contributed by atoms with Gasteiger partial charge in [0.1, 0.15) is 17.1 Å². The lowest BCUT2D eigenvalue weighted by atomic mass is 9.76. The number of piperidine rings is 3. The summed E-state index contributed by atoms with van der Waals surface area (Å²) in [5, 5.41) is 13.8. The van der Waals surface area contributed by atoms with Gasteiger partial charge in [-0.25, -0.2) is 8.42 Å². The second-order valence-corrected chi connectivity index (χ2v) is 12.0. The number of carbonyl (C=O) groups excluding carboxylic acids is 1. The van der Waals surface area contributed by atoms with Crippen LogP contribution in [0.1, 0.15) is 41.6 Å². The van der Waals surface area contributed by atoms with Crippen LogP contribution in [0.15, 0.2) is 48.5 Å². The maximum atomic E-state index is 12.5. The number of amides is 1. The van der Waals surface area contributed by atoms with E-state index in [1.54, 1.807) is 24.3 Å². The van der Waals surface area contributed by atoms with Crippen molar-refractivity contribution in [2.24, 2.45) is 5.92 Å². The fraction of sp³-hybridized carbons (Fsp3) is 0.444. The number of nitrogens with one attached hydrogen (secondary N) is 1. The molecule has 0 aliphatic carbocycles. The highest BCUT2D eigenvalue weighted by atomic mass is 32.2. The Balaban J connectivity index is 1.17. The van der Waals surface area contributed by atoms with Crippen molar-refractivity contribution in [3.63, 3.8) is 0 Å². The molecule has 0 saturated carbocycles. The highest BCUT2D eigenvalue weighted by Gasteiger charge is 2.44. The van der Waals surface area contributed by atoms with E-state index in [2.05, 4.69) is 22.1 Å². The molecule has 7 nitrogen and oxygen atoms in total. The lowest BCUT2D eigenvalue weighted by Gasteiger charge is -2.47. The fourth-order valence-corrected chi connectivity index (χ4v) is 6.82. The van der Waals surface area contributed by atoms with Crippen LogP contribution in [0.4, 0.5) is 0 Å². The van der Waals surface area contributed by atoms with E-state index in [0.29, 0.717) is 36.4 Å². The van der Waals surface area contributed by atoms with Gasteiger partial charge in [0, 0.05) is 29.6 Å². The van der Waals surface area contributed by atoms with Crippen LogP contribution in [0.3, 0.4) is 0 Å². The van der Waals surface area contributed by atoms with Crippen LogP contribution in [0.5, 0.6) is 11.5 Å². The van der Waals surface area contributed by atoms with Gasteiger partial charge in [0.15, 0.2) is 9.84 Å². The first-order valence-corrected chi connectivity index (χ1v) is 14.0. The Labute approximate surface area is 206 Å². The van der Waals surface area contributed by atoms with Crippen LogP contribution in [0.25, 0.3) is 0 Å². The topological polar surface area (TPSA) is 95.9 Å². The van der Waals surface area contributed by atoms with E-state index in [-0.39, 0.29) is 29.4 Å². The number of carbonyl (C=O) groups is 1. The lowest BCUT2D eigenvalue weighted by Crippen LogP contribution is -2.58. The van der Waals surface area contributed by atoms with E-state index in [9.17, 15) is 18.3 Å². The minimum absolute atomic E-state index is 0.00137. The first-order chi connectivity index (χ1) is 16.8. The average Bonchev–Trinajstić information content (AvgIpc) is 2.84. The van der Waals surface area contributed by atoms with Crippen molar-refractivity contribution in [3.8, 4) is 23.3 Å². The molecule has 184 valence electrons. The normalized spacial score (nSPS) is 29.0. The van der Waals surface area contributed by atoms with Crippen molar-refractivity contribution in [1.82, 2.24) is 10.2 Å². The summed E-state index contributed by atoms with van der Waals surface area (Å²) in [6.45, 7) is 2.73. The third kappa shape index (κ3) is 5.69. The molecule has 0 aromatic heterocycles. The van der Waals surface area contributed by atoms with Crippen molar-refractivity contribution in [3.05, 3.63) is 59.7 Å². The number of ether oxygens (including phenoxy) is 1. The molecule has 2 aromatic carbocycles. The van der Waals surface area contributed by atoms with E-state index in [4.69, 9.17) is 4.74 Å². The molecule has 0 spiro atoms. The van der Waals surface area contributed by atoms with Crippen LogP contribution in [-0.2, 0) is 9.84 Å². The van der Waals surface area contributed by atoms with E-state index < -0.39 is 15.4 Å². The van der Waals surface area contributed by atoms with Crippen LogP contribution < -0.4 is 10.1 Å². The molecule has 6 rings (SSSR count). The number of hydrogen-bond acceptors (Lipinski definition) is 6. The second-order valence-electron chi connectivity index (χ2n) is 9.80. The van der Waals surface area contributed by atoms with Crippen molar-refractivity contribution in [1.29, 1.82) is 0 Å². The van der Waals surface area contributed by atoms with Crippen molar-refractivity contribution >= 4 is 15.7 Å². The van der Waals surface area contributed by atoms with Crippen molar-refractivity contribution < 1.29 is 23.1 Å². The van der Waals surface area contributed by atoms with Gasteiger partial charge in [-0.05, 0) is 87.3 Å². The highest BCUT2D eigenvalue weighted by molar-refractivity contribution is 7.91. The van der Waals surface area contributed by atoms with Crippen molar-refractivity contribution in [2.45, 2.75) is 37.3 Å². The number of benzene rings is 2. The summed E-state index contributed by atoms with van der Waals surface area (Å²) in [5.74, 6) is 7.63. The van der Waals surface area contributed by atoms with Gasteiger partial charge < -0.3 is 15.2 Å². The number of sulfone groups is 1. The molecule has 2 N–H and O–H groups in total. The van der Waals surface area contributed by atoms with E-state index in [1.165, 1.54) is 0 Å². The molecule has 1 amide bonds. The molecule has 4 aliphatic rings. The van der Waals surface area contributed by atoms with Gasteiger partial charge in [-0.1, -0.05) is 11.8 Å². The van der Waals surface area contributed by atoms with Gasteiger partial charge in [0.25, 0.3) is 5.91 Å². The minimum atomic E-state index is -3.08. The summed E-state index contributed by atoms with van der Waals surface area (Å²) < 4.78 is 29.4. The van der Waals surface area contributed by atoms with Gasteiger partial charge in [-0.15, -0.1) is 0 Å². The van der Waals surface area contributed by atoms with E-state index >= 15 is 0 Å². The van der Waals surface area contributed by atoms with Crippen LogP contribution in [0, 0.1) is 17.8 Å². The third-order valence-corrected chi connectivity index (χ3v) is 8.98. The zero-order valence-electron chi connectivity index (χ0n) is 19.6. The predicted octanol–water partition coefficient (Wildman–Crippen LogP) is 2.59. The van der Waals surface area contributed by atoms with Gasteiger partial charge in [-0.3, -0.25) is 9.69 Å². The van der Waals surface area contributed by atoms with Gasteiger partial charge in [0.05, 0.1) is 11.5 Å². The molecule has 4 saturated heterocycles. The maximum Gasteiger partial charge on any atom is 0.251 e. The number of fused-ring (bicyclic) bond motifs is 3. The number of rotatable bonds is 4. The largest absolute Gasteiger partial charge is 0.457 e.